The Morgan fingerprint density at radius 3 is 2.60 bits per heavy atom. The molecule has 1 aliphatic heterocycles. The van der Waals surface area contributed by atoms with Gasteiger partial charge in [0.2, 0.25) is 0 Å². The van der Waals surface area contributed by atoms with E-state index in [1.54, 1.807) is 29.2 Å². The summed E-state index contributed by atoms with van der Waals surface area (Å²) in [7, 11) is 0. The first kappa shape index (κ1) is 15.3. The highest BCUT2D eigenvalue weighted by Crippen LogP contribution is 2.30. The average Bonchev–Trinajstić information content (AvgIpc) is 2.46. The molecular weight excluding hydrogens is 284 g/mol. The number of aliphatic hydroxyl groups excluding tert-OH is 1. The van der Waals surface area contributed by atoms with Crippen molar-refractivity contribution in [2.75, 3.05) is 19.7 Å². The van der Waals surface area contributed by atoms with Crippen LogP contribution in [0.15, 0.2) is 29.2 Å². The fraction of sp³-hybridized carbons (Fsp3) is 0.500. The first-order valence-electron chi connectivity index (χ1n) is 6.55. The highest BCUT2D eigenvalue weighted by molar-refractivity contribution is 7.99. The van der Waals surface area contributed by atoms with Crippen LogP contribution in [0.2, 0.25) is 0 Å². The minimum Gasteiger partial charge on any atom is -0.396 e. The molecule has 0 spiro atoms. The molecule has 1 aromatic rings. The van der Waals surface area contributed by atoms with Gasteiger partial charge in [0.05, 0.1) is 5.56 Å². The number of amides is 1. The smallest absolute Gasteiger partial charge is 0.288 e. The lowest BCUT2D eigenvalue weighted by molar-refractivity contribution is 0.0647. The van der Waals surface area contributed by atoms with E-state index in [4.69, 9.17) is 5.11 Å². The van der Waals surface area contributed by atoms with Gasteiger partial charge in [-0.05, 0) is 30.9 Å². The summed E-state index contributed by atoms with van der Waals surface area (Å²) in [5.74, 6) is -2.50. The van der Waals surface area contributed by atoms with Gasteiger partial charge in [0.15, 0.2) is 0 Å². The average molecular weight is 301 g/mol. The summed E-state index contributed by atoms with van der Waals surface area (Å²) in [6.07, 6.45) is 1.51. The predicted molar refractivity (Wildman–Crippen MR) is 74.0 cm³/mol. The Morgan fingerprint density at radius 2 is 2.00 bits per heavy atom. The molecule has 1 heterocycles. The van der Waals surface area contributed by atoms with Gasteiger partial charge in [0.25, 0.3) is 11.7 Å². The van der Waals surface area contributed by atoms with Gasteiger partial charge in [0.1, 0.15) is 0 Å². The van der Waals surface area contributed by atoms with E-state index in [2.05, 4.69) is 0 Å². The van der Waals surface area contributed by atoms with Gasteiger partial charge in [-0.15, -0.1) is 0 Å². The molecule has 3 nitrogen and oxygen atoms in total. The second kappa shape index (κ2) is 7.04. The standard InChI is InChI=1S/C14H17F2NO2S/c15-14(16)20-12-4-2-1-3-11(12)13(19)17-7-5-10(9-18)6-8-17/h1-4,10,14,18H,5-9H2. The van der Waals surface area contributed by atoms with Crippen molar-refractivity contribution in [1.82, 2.24) is 4.90 Å². The third-order valence-electron chi connectivity index (χ3n) is 3.49. The number of benzene rings is 1. The zero-order chi connectivity index (χ0) is 14.5. The third-order valence-corrected chi connectivity index (χ3v) is 4.28. The fourth-order valence-electron chi connectivity index (χ4n) is 2.33. The highest BCUT2D eigenvalue weighted by atomic mass is 32.2. The number of rotatable bonds is 4. The summed E-state index contributed by atoms with van der Waals surface area (Å²) in [5.41, 5.74) is 0.334. The molecule has 1 aromatic carbocycles. The molecule has 0 aromatic heterocycles. The monoisotopic (exact) mass is 301 g/mol. The number of thioether (sulfide) groups is 1. The number of nitrogens with zero attached hydrogens (tertiary/aromatic N) is 1. The Morgan fingerprint density at radius 1 is 1.35 bits per heavy atom. The molecule has 1 N–H and O–H groups in total. The molecule has 0 aliphatic carbocycles. The number of hydrogen-bond acceptors (Lipinski definition) is 3. The third kappa shape index (κ3) is 3.70. The van der Waals surface area contributed by atoms with E-state index >= 15 is 0 Å². The molecule has 6 heteroatoms. The van der Waals surface area contributed by atoms with Gasteiger partial charge in [-0.2, -0.15) is 8.78 Å². The molecular formula is C14H17F2NO2S. The number of alkyl halides is 2. The van der Waals surface area contributed by atoms with Crippen molar-refractivity contribution in [3.05, 3.63) is 29.8 Å². The van der Waals surface area contributed by atoms with Crippen molar-refractivity contribution in [1.29, 1.82) is 0 Å². The quantitative estimate of drug-likeness (QED) is 0.869. The maximum absolute atomic E-state index is 12.5. The summed E-state index contributed by atoms with van der Waals surface area (Å²) in [4.78, 5) is 14.4. The fourth-order valence-corrected chi connectivity index (χ4v) is 2.96. The van der Waals surface area contributed by atoms with E-state index in [1.165, 1.54) is 0 Å². The van der Waals surface area contributed by atoms with Crippen LogP contribution in [-0.4, -0.2) is 41.4 Å². The van der Waals surface area contributed by atoms with Gasteiger partial charge in [-0.1, -0.05) is 23.9 Å². The van der Waals surface area contributed by atoms with Crippen LogP contribution < -0.4 is 0 Å². The van der Waals surface area contributed by atoms with Crippen LogP contribution >= 0.6 is 11.8 Å². The number of carbonyl (C=O) groups excluding carboxylic acids is 1. The predicted octanol–water partition coefficient (Wildman–Crippen LogP) is 2.85. The molecule has 1 amide bonds. The summed E-state index contributed by atoms with van der Waals surface area (Å²) < 4.78 is 25.0. The van der Waals surface area contributed by atoms with Crippen molar-refractivity contribution in [2.24, 2.45) is 5.92 Å². The zero-order valence-corrected chi connectivity index (χ0v) is 11.8. The topological polar surface area (TPSA) is 40.5 Å². The summed E-state index contributed by atoms with van der Waals surface area (Å²) in [6, 6.07) is 6.47. The lowest BCUT2D eigenvalue weighted by Gasteiger charge is -2.31. The van der Waals surface area contributed by atoms with Gasteiger partial charge in [0, 0.05) is 24.6 Å². The van der Waals surface area contributed by atoms with E-state index < -0.39 is 5.76 Å². The van der Waals surface area contributed by atoms with Gasteiger partial charge in [-0.3, -0.25) is 4.79 Å². The molecule has 110 valence electrons. The molecule has 2 rings (SSSR count). The SMILES string of the molecule is O=C(c1ccccc1SC(F)F)N1CCC(CO)CC1. The minimum absolute atomic E-state index is 0.139. The zero-order valence-electron chi connectivity index (χ0n) is 11.0. The van der Waals surface area contributed by atoms with Gasteiger partial charge < -0.3 is 10.0 Å². The summed E-state index contributed by atoms with van der Waals surface area (Å²) in [5, 5.41) is 9.09. The van der Waals surface area contributed by atoms with Crippen LogP contribution in [-0.2, 0) is 0 Å². The molecule has 1 fully saturated rings. The number of carbonyl (C=O) groups is 1. The van der Waals surface area contributed by atoms with Crippen molar-refractivity contribution in [2.45, 2.75) is 23.5 Å². The number of likely N-dealkylation sites (tertiary alicyclic amines) is 1. The van der Waals surface area contributed by atoms with Crippen LogP contribution in [0.1, 0.15) is 23.2 Å². The largest absolute Gasteiger partial charge is 0.396 e. The molecule has 0 saturated carbocycles. The normalized spacial score (nSPS) is 16.7. The van der Waals surface area contributed by atoms with Crippen LogP contribution in [0.4, 0.5) is 8.78 Å². The second-order valence-corrected chi connectivity index (χ2v) is 5.82. The minimum atomic E-state index is -2.54. The van der Waals surface area contributed by atoms with Crippen molar-refractivity contribution >= 4 is 17.7 Å². The van der Waals surface area contributed by atoms with Crippen LogP contribution in [0.3, 0.4) is 0 Å². The Hall–Kier alpha value is -1.14. The molecule has 0 radical (unpaired) electrons. The van der Waals surface area contributed by atoms with E-state index in [9.17, 15) is 13.6 Å². The lowest BCUT2D eigenvalue weighted by atomic mass is 9.97. The Bertz CT molecular complexity index is 462. The Balaban J connectivity index is 2.09. The van der Waals surface area contributed by atoms with E-state index in [0.717, 1.165) is 12.8 Å². The number of halogens is 2. The van der Waals surface area contributed by atoms with E-state index in [-0.39, 0.29) is 18.4 Å². The first-order chi connectivity index (χ1) is 9.61. The molecule has 0 atom stereocenters. The molecule has 1 aliphatic rings. The van der Waals surface area contributed by atoms with Crippen LogP contribution in [0.5, 0.6) is 0 Å². The molecule has 0 bridgehead atoms. The summed E-state index contributed by atoms with van der Waals surface area (Å²) >= 11 is 0.402. The summed E-state index contributed by atoms with van der Waals surface area (Å²) in [6.45, 7) is 1.27. The molecule has 1 saturated heterocycles. The molecule has 20 heavy (non-hydrogen) atoms. The Kier molecular flexibility index (Phi) is 5.37. The van der Waals surface area contributed by atoms with Gasteiger partial charge >= 0.3 is 0 Å². The van der Waals surface area contributed by atoms with Gasteiger partial charge in [-0.25, -0.2) is 0 Å². The maximum atomic E-state index is 12.5. The number of piperidine rings is 1. The second-order valence-electron chi connectivity index (χ2n) is 4.79. The van der Waals surface area contributed by atoms with Crippen molar-refractivity contribution < 1.29 is 18.7 Å². The van der Waals surface area contributed by atoms with E-state index in [1.807, 2.05) is 0 Å². The lowest BCUT2D eigenvalue weighted by Crippen LogP contribution is -2.39. The van der Waals surface area contributed by atoms with Crippen molar-refractivity contribution in [3.8, 4) is 0 Å². The van der Waals surface area contributed by atoms with Crippen LogP contribution in [0, 0.1) is 5.92 Å². The number of aliphatic hydroxyl groups is 1. The maximum Gasteiger partial charge on any atom is 0.288 e. The van der Waals surface area contributed by atoms with E-state index in [0.29, 0.717) is 35.3 Å². The van der Waals surface area contributed by atoms with Crippen molar-refractivity contribution in [3.63, 3.8) is 0 Å². The number of hydrogen-bond donors (Lipinski definition) is 1. The Labute approximate surface area is 121 Å². The highest BCUT2D eigenvalue weighted by Gasteiger charge is 2.25. The van der Waals surface area contributed by atoms with Crippen LogP contribution in [0.25, 0.3) is 0 Å². The molecule has 0 unspecified atom stereocenters. The first-order valence-corrected chi connectivity index (χ1v) is 7.43.